The van der Waals surface area contributed by atoms with Crippen LogP contribution in [0.1, 0.15) is 81.0 Å². The summed E-state index contributed by atoms with van der Waals surface area (Å²) in [6, 6.07) is 12.4. The molecule has 3 heterocycles. The van der Waals surface area contributed by atoms with Crippen LogP contribution in [0.5, 0.6) is 0 Å². The third-order valence-electron chi connectivity index (χ3n) is 10.0. The van der Waals surface area contributed by atoms with Crippen molar-refractivity contribution in [1.29, 1.82) is 0 Å². The van der Waals surface area contributed by atoms with Crippen molar-refractivity contribution in [1.82, 2.24) is 14.7 Å². The zero-order valence-electron chi connectivity index (χ0n) is 24.6. The molecule has 2 aromatic carbocycles. The van der Waals surface area contributed by atoms with Gasteiger partial charge in [0.15, 0.2) is 0 Å². The molecule has 1 atom stereocenters. The standard InChI is InChI=1S/C34H47ClFN3O/c1-3-26-11-12-28(23-27(26)4-2)34(15-21-37-19-13-29(14-20-37)38-17-6-5-7-18-38)16-22-39(25-34)33(40)24-30-31(35)9-8-10-32(30)36/h8-12,23,29H,3-7,13-22,24-25H2,1-2H3/t34-/m1/s1. The Morgan fingerprint density at radius 2 is 1.73 bits per heavy atom. The van der Waals surface area contributed by atoms with Gasteiger partial charge in [0.2, 0.25) is 5.91 Å². The lowest BCUT2D eigenvalue weighted by molar-refractivity contribution is -0.129. The van der Waals surface area contributed by atoms with Crippen molar-refractivity contribution in [3.8, 4) is 0 Å². The van der Waals surface area contributed by atoms with Crippen LogP contribution in [0.25, 0.3) is 0 Å². The van der Waals surface area contributed by atoms with E-state index >= 15 is 0 Å². The highest BCUT2D eigenvalue weighted by atomic mass is 35.5. The minimum atomic E-state index is -0.401. The Morgan fingerprint density at radius 1 is 0.975 bits per heavy atom. The predicted octanol–water partition coefficient (Wildman–Crippen LogP) is 6.66. The van der Waals surface area contributed by atoms with Gasteiger partial charge in [-0.2, -0.15) is 0 Å². The van der Waals surface area contributed by atoms with Crippen LogP contribution in [0.15, 0.2) is 36.4 Å². The van der Waals surface area contributed by atoms with Crippen LogP contribution in [-0.2, 0) is 29.5 Å². The molecular formula is C34H47ClFN3O. The summed E-state index contributed by atoms with van der Waals surface area (Å²) in [5.74, 6) is -0.431. The fourth-order valence-corrected chi connectivity index (χ4v) is 7.66. The zero-order valence-corrected chi connectivity index (χ0v) is 25.3. The Morgan fingerprint density at radius 3 is 2.42 bits per heavy atom. The lowest BCUT2D eigenvalue weighted by Gasteiger charge is -2.41. The van der Waals surface area contributed by atoms with E-state index in [1.54, 1.807) is 12.1 Å². The summed E-state index contributed by atoms with van der Waals surface area (Å²) in [4.78, 5) is 20.8. The molecule has 2 aromatic rings. The van der Waals surface area contributed by atoms with Crippen molar-refractivity contribution in [2.75, 3.05) is 45.8 Å². The molecule has 0 saturated carbocycles. The zero-order chi connectivity index (χ0) is 28.1. The average Bonchev–Trinajstić information content (AvgIpc) is 3.44. The summed E-state index contributed by atoms with van der Waals surface area (Å²) < 4.78 is 14.5. The number of hydrogen-bond donors (Lipinski definition) is 0. The Hall–Kier alpha value is -1.95. The maximum Gasteiger partial charge on any atom is 0.227 e. The molecule has 1 amide bonds. The molecule has 3 fully saturated rings. The fraction of sp³-hybridized carbons (Fsp3) is 0.618. The van der Waals surface area contributed by atoms with Crippen LogP contribution in [0.4, 0.5) is 4.39 Å². The van der Waals surface area contributed by atoms with Crippen molar-refractivity contribution in [2.45, 2.75) is 89.5 Å². The van der Waals surface area contributed by atoms with Crippen LogP contribution >= 0.6 is 11.6 Å². The number of amides is 1. The highest BCUT2D eigenvalue weighted by Crippen LogP contribution is 2.40. The second-order valence-electron chi connectivity index (χ2n) is 12.3. The van der Waals surface area contributed by atoms with E-state index in [2.05, 4.69) is 41.8 Å². The van der Waals surface area contributed by atoms with Gasteiger partial charge in [-0.25, -0.2) is 4.39 Å². The lowest BCUT2D eigenvalue weighted by Crippen LogP contribution is -2.47. The third kappa shape index (κ3) is 6.58. The number of aryl methyl sites for hydroxylation is 2. The number of benzene rings is 2. The number of nitrogens with zero attached hydrogens (tertiary/aromatic N) is 3. The number of hydrogen-bond acceptors (Lipinski definition) is 3. The molecule has 0 bridgehead atoms. The minimum Gasteiger partial charge on any atom is -0.341 e. The highest BCUT2D eigenvalue weighted by Gasteiger charge is 2.42. The number of carbonyl (C=O) groups excluding carboxylic acids is 1. The van der Waals surface area contributed by atoms with E-state index in [4.69, 9.17) is 11.6 Å². The first kappa shape index (κ1) is 29.5. The van der Waals surface area contributed by atoms with Crippen LogP contribution in [0, 0.1) is 5.82 Å². The van der Waals surface area contributed by atoms with Gasteiger partial charge in [-0.15, -0.1) is 0 Å². The van der Waals surface area contributed by atoms with Gasteiger partial charge >= 0.3 is 0 Å². The van der Waals surface area contributed by atoms with E-state index in [1.165, 1.54) is 81.0 Å². The van der Waals surface area contributed by atoms with Crippen molar-refractivity contribution >= 4 is 17.5 Å². The van der Waals surface area contributed by atoms with Crippen molar-refractivity contribution in [3.05, 3.63) is 69.5 Å². The highest BCUT2D eigenvalue weighted by molar-refractivity contribution is 6.31. The molecular weight excluding hydrogens is 521 g/mol. The van der Waals surface area contributed by atoms with E-state index in [-0.39, 0.29) is 17.7 Å². The minimum absolute atomic E-state index is 0.0145. The predicted molar refractivity (Wildman–Crippen MR) is 163 cm³/mol. The van der Waals surface area contributed by atoms with Gasteiger partial charge in [0, 0.05) is 35.1 Å². The molecule has 0 spiro atoms. The number of rotatable bonds is 9. The molecule has 3 aliphatic rings. The van der Waals surface area contributed by atoms with Gasteiger partial charge < -0.3 is 14.7 Å². The summed E-state index contributed by atoms with van der Waals surface area (Å²) in [6.07, 6.45) is 10.7. The quantitative estimate of drug-likeness (QED) is 0.339. The summed E-state index contributed by atoms with van der Waals surface area (Å²) in [7, 11) is 0. The monoisotopic (exact) mass is 567 g/mol. The van der Waals surface area contributed by atoms with E-state index in [9.17, 15) is 9.18 Å². The summed E-state index contributed by atoms with van der Waals surface area (Å²) in [5.41, 5.74) is 4.44. The molecule has 218 valence electrons. The van der Waals surface area contributed by atoms with Gasteiger partial charge in [-0.3, -0.25) is 4.79 Å². The van der Waals surface area contributed by atoms with Crippen molar-refractivity contribution in [3.63, 3.8) is 0 Å². The number of likely N-dealkylation sites (tertiary alicyclic amines) is 3. The first-order chi connectivity index (χ1) is 19.4. The molecule has 5 rings (SSSR count). The fourth-order valence-electron chi connectivity index (χ4n) is 7.43. The average molecular weight is 568 g/mol. The maximum atomic E-state index is 14.5. The first-order valence-electron chi connectivity index (χ1n) is 15.7. The van der Waals surface area contributed by atoms with E-state index in [0.29, 0.717) is 23.7 Å². The van der Waals surface area contributed by atoms with Gasteiger partial charge in [0.05, 0.1) is 6.42 Å². The Bertz CT molecular complexity index is 1140. The van der Waals surface area contributed by atoms with Gasteiger partial charge in [-0.1, -0.05) is 56.1 Å². The topological polar surface area (TPSA) is 26.8 Å². The van der Waals surface area contributed by atoms with E-state index < -0.39 is 5.82 Å². The van der Waals surface area contributed by atoms with Crippen LogP contribution < -0.4 is 0 Å². The van der Waals surface area contributed by atoms with Crippen LogP contribution in [0.3, 0.4) is 0 Å². The second-order valence-corrected chi connectivity index (χ2v) is 12.7. The van der Waals surface area contributed by atoms with Crippen molar-refractivity contribution < 1.29 is 9.18 Å². The molecule has 0 unspecified atom stereocenters. The first-order valence-corrected chi connectivity index (χ1v) is 16.1. The molecule has 3 saturated heterocycles. The Balaban J connectivity index is 1.29. The molecule has 0 aromatic heterocycles. The van der Waals surface area contributed by atoms with E-state index in [0.717, 1.165) is 38.3 Å². The molecule has 4 nitrogen and oxygen atoms in total. The Kier molecular flexibility index (Phi) is 9.86. The van der Waals surface area contributed by atoms with Gasteiger partial charge in [0.25, 0.3) is 0 Å². The summed E-state index contributed by atoms with van der Waals surface area (Å²) in [5, 5.41) is 0.328. The van der Waals surface area contributed by atoms with E-state index in [1.807, 2.05) is 4.90 Å². The Labute approximate surface area is 245 Å². The van der Waals surface area contributed by atoms with Crippen LogP contribution in [-0.4, -0.2) is 72.5 Å². The SMILES string of the molecule is CCc1ccc([C@]2(CCN3CCC(N4CCCCC4)CC3)CCN(C(=O)Cc3c(F)cccc3Cl)C2)cc1CC. The third-order valence-corrected chi connectivity index (χ3v) is 10.4. The normalized spacial score (nSPS) is 23.1. The van der Waals surface area contributed by atoms with Crippen molar-refractivity contribution in [2.24, 2.45) is 0 Å². The number of carbonyl (C=O) groups is 1. The molecule has 6 heteroatoms. The van der Waals surface area contributed by atoms with Gasteiger partial charge in [0.1, 0.15) is 5.82 Å². The molecule has 0 N–H and O–H groups in total. The number of piperidine rings is 2. The second kappa shape index (κ2) is 13.4. The molecule has 3 aliphatic heterocycles. The smallest absolute Gasteiger partial charge is 0.227 e. The van der Waals surface area contributed by atoms with Gasteiger partial charge in [-0.05, 0) is 113 Å². The molecule has 0 aliphatic carbocycles. The summed E-state index contributed by atoms with van der Waals surface area (Å²) >= 11 is 6.27. The van der Waals surface area contributed by atoms with Crippen LogP contribution in [0.2, 0.25) is 5.02 Å². The molecule has 0 radical (unpaired) electrons. The molecule has 40 heavy (non-hydrogen) atoms. The maximum absolute atomic E-state index is 14.5. The largest absolute Gasteiger partial charge is 0.341 e. The lowest BCUT2D eigenvalue weighted by atomic mass is 9.75. The summed E-state index contributed by atoms with van der Waals surface area (Å²) in [6.45, 7) is 11.8. The number of halogens is 2.